The van der Waals surface area contributed by atoms with Crippen molar-refractivity contribution in [3.05, 3.63) is 35.9 Å². The molecule has 1 aromatic carbocycles. The molecule has 1 atom stereocenters. The van der Waals surface area contributed by atoms with Crippen molar-refractivity contribution >= 4 is 18.4 Å². The van der Waals surface area contributed by atoms with Gasteiger partial charge >= 0.3 is 5.97 Å². The van der Waals surface area contributed by atoms with E-state index in [-0.39, 0.29) is 19.0 Å². The maximum Gasteiger partial charge on any atom is 0.325 e. The van der Waals surface area contributed by atoms with Crippen molar-refractivity contribution in [1.29, 1.82) is 0 Å². The zero-order valence-electron chi connectivity index (χ0n) is 9.80. The summed E-state index contributed by atoms with van der Waals surface area (Å²) < 4.78 is 10.1. The second-order valence-corrected chi connectivity index (χ2v) is 3.36. The molecule has 4 nitrogen and oxygen atoms in total. The van der Waals surface area contributed by atoms with Crippen molar-refractivity contribution in [2.75, 3.05) is 13.2 Å². The standard InChI is InChI=1S/C12H17NO3.ClH/c1-2-16-12(14)11(13)9-15-8-10-6-4-3-5-7-10;/h3-7,11H,2,8-9,13H2,1H3;1H/t11-;/m1./s1. The third-order valence-corrected chi connectivity index (χ3v) is 2.00. The topological polar surface area (TPSA) is 61.5 Å². The highest BCUT2D eigenvalue weighted by molar-refractivity contribution is 5.85. The molecule has 0 aliphatic rings. The van der Waals surface area contributed by atoms with E-state index in [2.05, 4.69) is 0 Å². The van der Waals surface area contributed by atoms with Crippen LogP contribution in [0.4, 0.5) is 0 Å². The predicted molar refractivity (Wildman–Crippen MR) is 68.0 cm³/mol. The molecule has 0 unspecified atom stereocenters. The number of rotatable bonds is 6. The molecular formula is C12H18ClNO3. The molecule has 2 N–H and O–H groups in total. The van der Waals surface area contributed by atoms with E-state index < -0.39 is 12.0 Å². The Morgan fingerprint density at radius 2 is 2.00 bits per heavy atom. The lowest BCUT2D eigenvalue weighted by atomic mass is 10.2. The number of carbonyl (C=O) groups is 1. The first kappa shape index (κ1) is 15.9. The van der Waals surface area contributed by atoms with Crippen LogP contribution in [-0.2, 0) is 20.9 Å². The lowest BCUT2D eigenvalue weighted by Gasteiger charge is -2.10. The smallest absolute Gasteiger partial charge is 0.325 e. The second-order valence-electron chi connectivity index (χ2n) is 3.36. The third kappa shape index (κ3) is 6.26. The quantitative estimate of drug-likeness (QED) is 0.787. The summed E-state index contributed by atoms with van der Waals surface area (Å²) in [6, 6.07) is 9.01. The first-order valence-corrected chi connectivity index (χ1v) is 5.28. The van der Waals surface area contributed by atoms with Crippen LogP contribution in [-0.4, -0.2) is 25.2 Å². The maximum atomic E-state index is 11.2. The summed E-state index contributed by atoms with van der Waals surface area (Å²) in [6.07, 6.45) is 0. The average molecular weight is 260 g/mol. The lowest BCUT2D eigenvalue weighted by molar-refractivity contribution is -0.146. The molecule has 0 radical (unpaired) electrons. The SMILES string of the molecule is CCOC(=O)[C@H](N)COCc1ccccc1.Cl. The molecule has 0 aliphatic heterocycles. The van der Waals surface area contributed by atoms with Gasteiger partial charge in [-0.3, -0.25) is 4.79 Å². The second kappa shape index (κ2) is 8.98. The fourth-order valence-corrected chi connectivity index (χ4v) is 1.20. The minimum atomic E-state index is -0.705. The van der Waals surface area contributed by atoms with E-state index in [0.717, 1.165) is 5.56 Å². The fraction of sp³-hybridized carbons (Fsp3) is 0.417. The molecule has 1 aromatic rings. The van der Waals surface area contributed by atoms with Gasteiger partial charge in [0.05, 0.1) is 19.8 Å². The summed E-state index contributed by atoms with van der Waals surface area (Å²) in [6.45, 7) is 2.71. The van der Waals surface area contributed by atoms with Gasteiger partial charge in [-0.2, -0.15) is 0 Å². The van der Waals surface area contributed by atoms with Crippen molar-refractivity contribution in [3.8, 4) is 0 Å². The normalized spacial score (nSPS) is 11.4. The molecule has 1 rings (SSSR count). The van der Waals surface area contributed by atoms with Crippen LogP contribution in [0, 0.1) is 0 Å². The van der Waals surface area contributed by atoms with Crippen LogP contribution in [0.1, 0.15) is 12.5 Å². The van der Waals surface area contributed by atoms with Gasteiger partial charge in [0.25, 0.3) is 0 Å². The molecule has 0 saturated carbocycles. The van der Waals surface area contributed by atoms with E-state index in [1.807, 2.05) is 30.3 Å². The number of benzene rings is 1. The van der Waals surface area contributed by atoms with Crippen LogP contribution in [0.2, 0.25) is 0 Å². The first-order chi connectivity index (χ1) is 7.74. The molecule has 0 amide bonds. The van der Waals surface area contributed by atoms with Crippen LogP contribution in [0.3, 0.4) is 0 Å². The van der Waals surface area contributed by atoms with E-state index in [1.54, 1.807) is 6.92 Å². The summed E-state index contributed by atoms with van der Waals surface area (Å²) in [5.41, 5.74) is 6.62. The number of halogens is 1. The van der Waals surface area contributed by atoms with Gasteiger partial charge in [0, 0.05) is 0 Å². The molecule has 0 aliphatic carbocycles. The molecule has 96 valence electrons. The highest BCUT2D eigenvalue weighted by atomic mass is 35.5. The molecule has 0 bridgehead atoms. The highest BCUT2D eigenvalue weighted by Crippen LogP contribution is 2.00. The van der Waals surface area contributed by atoms with Gasteiger partial charge < -0.3 is 15.2 Å². The van der Waals surface area contributed by atoms with Gasteiger partial charge in [0.2, 0.25) is 0 Å². The number of hydrogen-bond donors (Lipinski definition) is 1. The van der Waals surface area contributed by atoms with Crippen LogP contribution in [0.15, 0.2) is 30.3 Å². The Morgan fingerprint density at radius 3 is 2.59 bits per heavy atom. The van der Waals surface area contributed by atoms with Crippen LogP contribution in [0.25, 0.3) is 0 Å². The van der Waals surface area contributed by atoms with Gasteiger partial charge in [-0.25, -0.2) is 0 Å². The number of nitrogens with two attached hydrogens (primary N) is 1. The summed E-state index contributed by atoms with van der Waals surface area (Å²) in [4.78, 5) is 11.2. The van der Waals surface area contributed by atoms with E-state index >= 15 is 0 Å². The van der Waals surface area contributed by atoms with Gasteiger partial charge in [-0.15, -0.1) is 12.4 Å². The highest BCUT2D eigenvalue weighted by Gasteiger charge is 2.14. The average Bonchev–Trinajstić information content (AvgIpc) is 2.30. The fourth-order valence-electron chi connectivity index (χ4n) is 1.20. The Bertz CT molecular complexity index is 319. The van der Waals surface area contributed by atoms with Gasteiger partial charge in [0.15, 0.2) is 0 Å². The number of hydrogen-bond acceptors (Lipinski definition) is 4. The van der Waals surface area contributed by atoms with Crippen LogP contribution < -0.4 is 5.73 Å². The van der Waals surface area contributed by atoms with E-state index in [1.165, 1.54) is 0 Å². The molecule has 0 heterocycles. The van der Waals surface area contributed by atoms with E-state index in [9.17, 15) is 4.79 Å². The van der Waals surface area contributed by atoms with Gasteiger partial charge in [-0.05, 0) is 12.5 Å². The van der Waals surface area contributed by atoms with Crippen molar-refractivity contribution in [1.82, 2.24) is 0 Å². The van der Waals surface area contributed by atoms with Gasteiger partial charge in [-0.1, -0.05) is 30.3 Å². The van der Waals surface area contributed by atoms with Crippen molar-refractivity contribution in [2.45, 2.75) is 19.6 Å². The molecule has 17 heavy (non-hydrogen) atoms. The largest absolute Gasteiger partial charge is 0.465 e. The van der Waals surface area contributed by atoms with E-state index in [4.69, 9.17) is 15.2 Å². The molecule has 0 aromatic heterocycles. The number of ether oxygens (including phenoxy) is 2. The zero-order valence-corrected chi connectivity index (χ0v) is 10.6. The molecular weight excluding hydrogens is 242 g/mol. The summed E-state index contributed by atoms with van der Waals surface area (Å²) in [5, 5.41) is 0. The molecule has 0 spiro atoms. The maximum absolute atomic E-state index is 11.2. The Balaban J connectivity index is 0.00000256. The van der Waals surface area contributed by atoms with E-state index in [0.29, 0.717) is 13.2 Å². The summed E-state index contributed by atoms with van der Waals surface area (Å²) >= 11 is 0. The predicted octanol–water partition coefficient (Wildman–Crippen LogP) is 1.52. The Labute approximate surface area is 108 Å². The van der Waals surface area contributed by atoms with Crippen molar-refractivity contribution < 1.29 is 14.3 Å². The first-order valence-electron chi connectivity index (χ1n) is 5.28. The van der Waals surface area contributed by atoms with Crippen molar-refractivity contribution in [3.63, 3.8) is 0 Å². The third-order valence-electron chi connectivity index (χ3n) is 2.00. The monoisotopic (exact) mass is 259 g/mol. The zero-order chi connectivity index (χ0) is 11.8. The Hall–Kier alpha value is -1.10. The molecule has 0 saturated heterocycles. The minimum Gasteiger partial charge on any atom is -0.465 e. The van der Waals surface area contributed by atoms with Crippen molar-refractivity contribution in [2.24, 2.45) is 5.73 Å². The Morgan fingerprint density at radius 1 is 1.35 bits per heavy atom. The van der Waals surface area contributed by atoms with Gasteiger partial charge in [0.1, 0.15) is 6.04 Å². The molecule has 0 fully saturated rings. The van der Waals surface area contributed by atoms with Crippen LogP contribution >= 0.6 is 12.4 Å². The lowest BCUT2D eigenvalue weighted by Crippen LogP contribution is -2.36. The Kier molecular flexibility index (Phi) is 8.40. The number of esters is 1. The summed E-state index contributed by atoms with van der Waals surface area (Å²) in [5.74, 6) is -0.421. The van der Waals surface area contributed by atoms with Crippen LogP contribution in [0.5, 0.6) is 0 Å². The molecule has 5 heteroatoms. The number of carbonyl (C=O) groups excluding carboxylic acids is 1. The minimum absolute atomic E-state index is 0. The summed E-state index contributed by atoms with van der Waals surface area (Å²) in [7, 11) is 0.